The van der Waals surface area contributed by atoms with Crippen molar-refractivity contribution < 1.29 is 4.79 Å². The highest BCUT2D eigenvalue weighted by Gasteiger charge is 2.10. The highest BCUT2D eigenvalue weighted by atomic mass is 35.5. The van der Waals surface area contributed by atoms with Crippen molar-refractivity contribution in [2.24, 2.45) is 5.73 Å². The first-order valence-electron chi connectivity index (χ1n) is 7.91. The van der Waals surface area contributed by atoms with Gasteiger partial charge >= 0.3 is 0 Å². The first-order chi connectivity index (χ1) is 10.8. The maximum absolute atomic E-state index is 12.3. The number of amides is 1. The molecule has 0 spiro atoms. The number of hydrogen-bond acceptors (Lipinski definition) is 2. The third kappa shape index (κ3) is 6.43. The average molecular weight is 333 g/mol. The van der Waals surface area contributed by atoms with Crippen molar-refractivity contribution in [3.63, 3.8) is 0 Å². The Morgan fingerprint density at radius 1 is 0.913 bits per heavy atom. The molecule has 4 heteroatoms. The lowest BCUT2D eigenvalue weighted by Gasteiger charge is -2.10. The minimum absolute atomic E-state index is 0. The molecule has 0 aliphatic heterocycles. The molecule has 124 valence electrons. The minimum atomic E-state index is 0. The number of nitrogens with two attached hydrogens (primary N) is 1. The summed E-state index contributed by atoms with van der Waals surface area (Å²) < 4.78 is 0. The second kappa shape index (κ2) is 10.8. The minimum Gasteiger partial charge on any atom is -0.352 e. The lowest BCUT2D eigenvalue weighted by atomic mass is 9.99. The molecule has 0 fully saturated rings. The first-order valence-corrected chi connectivity index (χ1v) is 7.91. The summed E-state index contributed by atoms with van der Waals surface area (Å²) in [5, 5.41) is 2.98. The summed E-state index contributed by atoms with van der Waals surface area (Å²) in [6, 6.07) is 18.2. The van der Waals surface area contributed by atoms with Crippen molar-refractivity contribution in [1.29, 1.82) is 0 Å². The van der Waals surface area contributed by atoms with Gasteiger partial charge in [0, 0.05) is 12.1 Å². The van der Waals surface area contributed by atoms with Crippen LogP contribution in [0.5, 0.6) is 0 Å². The fourth-order valence-electron chi connectivity index (χ4n) is 2.45. The zero-order chi connectivity index (χ0) is 15.6. The number of rotatable bonds is 8. The Morgan fingerprint density at radius 2 is 1.61 bits per heavy atom. The van der Waals surface area contributed by atoms with Gasteiger partial charge in [-0.2, -0.15) is 0 Å². The number of benzene rings is 2. The second-order valence-electron chi connectivity index (χ2n) is 5.39. The molecule has 0 saturated carbocycles. The van der Waals surface area contributed by atoms with Gasteiger partial charge in [0.05, 0.1) is 0 Å². The highest BCUT2D eigenvalue weighted by molar-refractivity contribution is 5.95. The van der Waals surface area contributed by atoms with E-state index in [1.807, 2.05) is 42.5 Å². The number of aryl methyl sites for hydroxylation is 2. The van der Waals surface area contributed by atoms with Crippen LogP contribution in [-0.4, -0.2) is 19.0 Å². The average Bonchev–Trinajstić information content (AvgIpc) is 2.58. The van der Waals surface area contributed by atoms with E-state index in [2.05, 4.69) is 17.4 Å². The molecule has 2 rings (SSSR count). The Kier molecular flexibility index (Phi) is 9.03. The van der Waals surface area contributed by atoms with E-state index >= 15 is 0 Å². The molecule has 0 unspecified atom stereocenters. The van der Waals surface area contributed by atoms with Gasteiger partial charge in [0.15, 0.2) is 0 Å². The summed E-state index contributed by atoms with van der Waals surface area (Å²) in [6.45, 7) is 1.35. The third-order valence-electron chi connectivity index (χ3n) is 3.70. The van der Waals surface area contributed by atoms with Gasteiger partial charge in [-0.15, -0.1) is 12.4 Å². The van der Waals surface area contributed by atoms with E-state index in [1.54, 1.807) is 0 Å². The summed E-state index contributed by atoms with van der Waals surface area (Å²) in [5.74, 6) is 0.0145. The Hall–Kier alpha value is -1.84. The van der Waals surface area contributed by atoms with Crippen LogP contribution in [0.1, 0.15) is 34.3 Å². The SMILES string of the molecule is Cl.NCCCCNC(=O)c1ccccc1CCc1ccccc1. The normalized spacial score (nSPS) is 9.96. The van der Waals surface area contributed by atoms with Gasteiger partial charge in [-0.25, -0.2) is 0 Å². The molecular weight excluding hydrogens is 308 g/mol. The molecule has 2 aromatic carbocycles. The van der Waals surface area contributed by atoms with E-state index in [0.29, 0.717) is 13.1 Å². The summed E-state index contributed by atoms with van der Waals surface area (Å²) in [5.41, 5.74) is 8.64. The molecule has 0 atom stereocenters. The number of nitrogens with one attached hydrogen (secondary N) is 1. The molecule has 0 aliphatic carbocycles. The molecule has 23 heavy (non-hydrogen) atoms. The number of carbonyl (C=O) groups excluding carboxylic acids is 1. The summed E-state index contributed by atoms with van der Waals surface area (Å²) >= 11 is 0. The molecule has 0 saturated heterocycles. The maximum Gasteiger partial charge on any atom is 0.251 e. The fraction of sp³-hybridized carbons (Fsp3) is 0.316. The van der Waals surface area contributed by atoms with Crippen molar-refractivity contribution in [2.45, 2.75) is 25.7 Å². The van der Waals surface area contributed by atoms with Gasteiger partial charge in [-0.3, -0.25) is 4.79 Å². The van der Waals surface area contributed by atoms with Crippen LogP contribution in [-0.2, 0) is 12.8 Å². The maximum atomic E-state index is 12.3. The standard InChI is InChI=1S/C19H24N2O.ClH/c20-14-6-7-15-21-19(22)18-11-5-4-10-17(18)13-12-16-8-2-1-3-9-16;/h1-5,8-11H,6-7,12-15,20H2,(H,21,22);1H. The lowest BCUT2D eigenvalue weighted by Crippen LogP contribution is -2.26. The van der Waals surface area contributed by atoms with Crippen molar-refractivity contribution in [3.05, 3.63) is 71.3 Å². The quantitative estimate of drug-likeness (QED) is 0.728. The molecule has 3 nitrogen and oxygen atoms in total. The molecule has 0 aliphatic rings. The fourth-order valence-corrected chi connectivity index (χ4v) is 2.45. The number of unbranched alkanes of at least 4 members (excludes halogenated alkanes) is 1. The van der Waals surface area contributed by atoms with Crippen molar-refractivity contribution in [2.75, 3.05) is 13.1 Å². The molecule has 0 radical (unpaired) electrons. The first kappa shape index (κ1) is 19.2. The van der Waals surface area contributed by atoms with Gasteiger partial charge < -0.3 is 11.1 Å². The lowest BCUT2D eigenvalue weighted by molar-refractivity contribution is 0.0952. The van der Waals surface area contributed by atoms with Crippen LogP contribution < -0.4 is 11.1 Å². The van der Waals surface area contributed by atoms with Gasteiger partial charge in [-0.1, -0.05) is 48.5 Å². The largest absolute Gasteiger partial charge is 0.352 e. The molecule has 3 N–H and O–H groups in total. The predicted octanol–water partition coefficient (Wildman–Crippen LogP) is 3.36. The predicted molar refractivity (Wildman–Crippen MR) is 98.2 cm³/mol. The molecular formula is C19H25ClN2O. The number of hydrogen-bond donors (Lipinski definition) is 2. The highest BCUT2D eigenvalue weighted by Crippen LogP contribution is 2.13. The van der Waals surface area contributed by atoms with Gasteiger partial charge in [0.2, 0.25) is 0 Å². The monoisotopic (exact) mass is 332 g/mol. The van der Waals surface area contributed by atoms with Crippen LogP contribution in [0.3, 0.4) is 0 Å². The summed E-state index contributed by atoms with van der Waals surface area (Å²) in [4.78, 5) is 12.3. The van der Waals surface area contributed by atoms with Crippen molar-refractivity contribution in [1.82, 2.24) is 5.32 Å². The summed E-state index contributed by atoms with van der Waals surface area (Å²) in [6.07, 6.45) is 3.68. The molecule has 0 heterocycles. The van der Waals surface area contributed by atoms with E-state index in [1.165, 1.54) is 5.56 Å². The van der Waals surface area contributed by atoms with Crippen LogP contribution in [0, 0.1) is 0 Å². The number of halogens is 1. The van der Waals surface area contributed by atoms with Crippen LogP contribution in [0.25, 0.3) is 0 Å². The molecule has 2 aromatic rings. The van der Waals surface area contributed by atoms with Gasteiger partial charge in [-0.05, 0) is 49.4 Å². The van der Waals surface area contributed by atoms with E-state index in [9.17, 15) is 4.79 Å². The zero-order valence-electron chi connectivity index (χ0n) is 13.3. The van der Waals surface area contributed by atoms with E-state index < -0.39 is 0 Å². The Morgan fingerprint density at radius 3 is 2.35 bits per heavy atom. The topological polar surface area (TPSA) is 55.1 Å². The molecule has 0 bridgehead atoms. The van der Waals surface area contributed by atoms with Crippen LogP contribution in [0.15, 0.2) is 54.6 Å². The molecule has 0 aromatic heterocycles. The van der Waals surface area contributed by atoms with Crippen LogP contribution in [0.4, 0.5) is 0 Å². The molecule has 1 amide bonds. The second-order valence-corrected chi connectivity index (χ2v) is 5.39. The summed E-state index contributed by atoms with van der Waals surface area (Å²) in [7, 11) is 0. The van der Waals surface area contributed by atoms with Crippen LogP contribution in [0.2, 0.25) is 0 Å². The van der Waals surface area contributed by atoms with E-state index in [4.69, 9.17) is 5.73 Å². The van der Waals surface area contributed by atoms with Gasteiger partial charge in [0.1, 0.15) is 0 Å². The van der Waals surface area contributed by atoms with E-state index in [0.717, 1.165) is 36.8 Å². The van der Waals surface area contributed by atoms with Crippen molar-refractivity contribution in [3.8, 4) is 0 Å². The smallest absolute Gasteiger partial charge is 0.251 e. The third-order valence-corrected chi connectivity index (χ3v) is 3.70. The number of carbonyl (C=O) groups is 1. The zero-order valence-corrected chi connectivity index (χ0v) is 14.1. The van der Waals surface area contributed by atoms with Crippen LogP contribution >= 0.6 is 12.4 Å². The Bertz CT molecular complexity index is 587. The van der Waals surface area contributed by atoms with Crippen molar-refractivity contribution >= 4 is 18.3 Å². The van der Waals surface area contributed by atoms with E-state index in [-0.39, 0.29) is 18.3 Å². The van der Waals surface area contributed by atoms with Gasteiger partial charge in [0.25, 0.3) is 5.91 Å². The Labute approximate surface area is 144 Å². The Balaban J connectivity index is 0.00000264.